The van der Waals surface area contributed by atoms with Crippen molar-refractivity contribution in [1.82, 2.24) is 0 Å². The highest BCUT2D eigenvalue weighted by molar-refractivity contribution is 4.68. The minimum atomic E-state index is 0.0196. The summed E-state index contributed by atoms with van der Waals surface area (Å²) in [7, 11) is 0. The van der Waals surface area contributed by atoms with Gasteiger partial charge in [-0.25, -0.2) is 0 Å². The highest BCUT2D eigenvalue weighted by Crippen LogP contribution is 2.23. The van der Waals surface area contributed by atoms with E-state index < -0.39 is 0 Å². The summed E-state index contributed by atoms with van der Waals surface area (Å²) in [6.07, 6.45) is 9.05. The predicted octanol–water partition coefficient (Wildman–Crippen LogP) is 3.11. The minimum absolute atomic E-state index is 0.0196. The summed E-state index contributed by atoms with van der Waals surface area (Å²) >= 11 is 0. The Morgan fingerprint density at radius 1 is 0.562 bits per heavy atom. The van der Waals surface area contributed by atoms with E-state index in [9.17, 15) is 0 Å². The molecule has 0 atom stereocenters. The van der Waals surface area contributed by atoms with Crippen molar-refractivity contribution in [3.8, 4) is 0 Å². The maximum Gasteiger partial charge on any atom is 0.0540 e. The standard InChI is InChI=1S/2C7H14O/c2*1-6-2-4-7(8)5-3-6/h2*6-8H,2-5H2,1H3. The molecule has 0 aromatic carbocycles. The Hall–Kier alpha value is -0.0800. The molecule has 2 saturated carbocycles. The largest absolute Gasteiger partial charge is 0.393 e. The molecule has 2 heteroatoms. The molecule has 2 N–H and O–H groups in total. The molecule has 0 aromatic heterocycles. The smallest absolute Gasteiger partial charge is 0.0540 e. The van der Waals surface area contributed by atoms with Crippen LogP contribution in [0.3, 0.4) is 0 Å². The van der Waals surface area contributed by atoms with Gasteiger partial charge in [-0.15, -0.1) is 0 Å². The third-order valence-electron chi connectivity index (χ3n) is 3.97. The van der Waals surface area contributed by atoms with Crippen LogP contribution in [0.5, 0.6) is 0 Å². The topological polar surface area (TPSA) is 40.5 Å². The van der Waals surface area contributed by atoms with Crippen LogP contribution in [-0.2, 0) is 0 Å². The fraction of sp³-hybridized carbons (Fsp3) is 1.00. The Morgan fingerprint density at radius 3 is 1.00 bits per heavy atom. The lowest BCUT2D eigenvalue weighted by molar-refractivity contribution is 0.112. The van der Waals surface area contributed by atoms with E-state index in [-0.39, 0.29) is 12.2 Å². The molecule has 16 heavy (non-hydrogen) atoms. The van der Waals surface area contributed by atoms with E-state index in [1.807, 2.05) is 0 Å². The first-order chi connectivity index (χ1) is 7.58. The maximum absolute atomic E-state index is 9.03. The summed E-state index contributed by atoms with van der Waals surface area (Å²) in [5.41, 5.74) is 0. The predicted molar refractivity (Wildman–Crippen MR) is 67.3 cm³/mol. The lowest BCUT2D eigenvalue weighted by Gasteiger charge is -2.21. The quantitative estimate of drug-likeness (QED) is 0.669. The zero-order chi connectivity index (χ0) is 12.0. The van der Waals surface area contributed by atoms with E-state index in [4.69, 9.17) is 10.2 Å². The highest BCUT2D eigenvalue weighted by atomic mass is 16.3. The van der Waals surface area contributed by atoms with Crippen LogP contribution in [0.4, 0.5) is 0 Å². The monoisotopic (exact) mass is 228 g/mol. The summed E-state index contributed by atoms with van der Waals surface area (Å²) in [4.78, 5) is 0. The molecule has 2 rings (SSSR count). The maximum atomic E-state index is 9.03. The van der Waals surface area contributed by atoms with E-state index >= 15 is 0 Å². The van der Waals surface area contributed by atoms with Crippen LogP contribution in [0.25, 0.3) is 0 Å². The number of aliphatic hydroxyl groups excluding tert-OH is 2. The van der Waals surface area contributed by atoms with Crippen LogP contribution in [0.2, 0.25) is 0 Å². The van der Waals surface area contributed by atoms with Crippen LogP contribution in [0.15, 0.2) is 0 Å². The molecule has 0 heterocycles. The van der Waals surface area contributed by atoms with Crippen molar-refractivity contribution < 1.29 is 10.2 Å². The summed E-state index contributed by atoms with van der Waals surface area (Å²) in [5.74, 6) is 1.72. The van der Waals surface area contributed by atoms with Gasteiger partial charge in [0.05, 0.1) is 12.2 Å². The van der Waals surface area contributed by atoms with Crippen LogP contribution in [-0.4, -0.2) is 22.4 Å². The second kappa shape index (κ2) is 7.29. The second-order valence-electron chi connectivity index (χ2n) is 5.83. The number of hydrogen-bond acceptors (Lipinski definition) is 2. The van der Waals surface area contributed by atoms with E-state index in [1.54, 1.807) is 0 Å². The molecule has 2 nitrogen and oxygen atoms in total. The lowest BCUT2D eigenvalue weighted by Crippen LogP contribution is -2.15. The Labute approximate surface area is 100 Å². The van der Waals surface area contributed by atoms with Gasteiger partial charge in [-0.1, -0.05) is 13.8 Å². The zero-order valence-electron chi connectivity index (χ0n) is 10.9. The second-order valence-corrected chi connectivity index (χ2v) is 5.83. The van der Waals surface area contributed by atoms with Gasteiger partial charge in [0.25, 0.3) is 0 Å². The fourth-order valence-electron chi connectivity index (χ4n) is 2.48. The molecule has 2 fully saturated rings. The van der Waals surface area contributed by atoms with Crippen molar-refractivity contribution in [2.24, 2.45) is 11.8 Å². The molecule has 0 aromatic rings. The normalized spacial score (nSPS) is 39.8. The number of rotatable bonds is 0. The molecular weight excluding hydrogens is 200 g/mol. The summed E-state index contributed by atoms with van der Waals surface area (Å²) in [5, 5.41) is 18.1. The molecule has 2 aliphatic rings. The average Bonchev–Trinajstić information content (AvgIpc) is 2.28. The van der Waals surface area contributed by atoms with Crippen molar-refractivity contribution in [3.05, 3.63) is 0 Å². The summed E-state index contributed by atoms with van der Waals surface area (Å²) in [6, 6.07) is 0. The summed E-state index contributed by atoms with van der Waals surface area (Å²) < 4.78 is 0. The van der Waals surface area contributed by atoms with Crippen LogP contribution < -0.4 is 0 Å². The van der Waals surface area contributed by atoms with Gasteiger partial charge in [-0.2, -0.15) is 0 Å². The van der Waals surface area contributed by atoms with Crippen molar-refractivity contribution in [1.29, 1.82) is 0 Å². The Kier molecular flexibility index (Phi) is 6.37. The third kappa shape index (κ3) is 5.86. The van der Waals surface area contributed by atoms with E-state index in [1.165, 1.54) is 25.7 Å². The minimum Gasteiger partial charge on any atom is -0.393 e. The number of aliphatic hydroxyl groups is 2. The molecule has 0 saturated heterocycles. The summed E-state index contributed by atoms with van der Waals surface area (Å²) in [6.45, 7) is 4.51. The first-order valence-corrected chi connectivity index (χ1v) is 6.94. The van der Waals surface area contributed by atoms with Crippen LogP contribution >= 0.6 is 0 Å². The molecular formula is C14H28O2. The molecule has 0 spiro atoms. The van der Waals surface area contributed by atoms with Crippen LogP contribution in [0, 0.1) is 11.8 Å². The fourth-order valence-corrected chi connectivity index (χ4v) is 2.48. The SMILES string of the molecule is CC1CCC(O)CC1.CC1CCC(O)CC1. The lowest BCUT2D eigenvalue weighted by atomic mass is 9.89. The molecule has 0 unspecified atom stereocenters. The molecule has 0 bridgehead atoms. The van der Waals surface area contributed by atoms with Crippen molar-refractivity contribution in [2.45, 2.75) is 77.4 Å². The molecule has 2 aliphatic carbocycles. The van der Waals surface area contributed by atoms with Gasteiger partial charge >= 0.3 is 0 Å². The Bertz CT molecular complexity index is 126. The van der Waals surface area contributed by atoms with Crippen molar-refractivity contribution in [3.63, 3.8) is 0 Å². The Balaban J connectivity index is 0.000000160. The number of hydrogen-bond donors (Lipinski definition) is 2. The van der Waals surface area contributed by atoms with Crippen LogP contribution in [0.1, 0.15) is 65.2 Å². The third-order valence-corrected chi connectivity index (χ3v) is 3.97. The first-order valence-electron chi connectivity index (χ1n) is 6.94. The van der Waals surface area contributed by atoms with Gasteiger partial charge in [0.15, 0.2) is 0 Å². The van der Waals surface area contributed by atoms with Gasteiger partial charge in [0, 0.05) is 0 Å². The van der Waals surface area contributed by atoms with E-state index in [0.29, 0.717) is 0 Å². The Morgan fingerprint density at radius 2 is 0.812 bits per heavy atom. The highest BCUT2D eigenvalue weighted by Gasteiger charge is 2.15. The van der Waals surface area contributed by atoms with E-state index in [0.717, 1.165) is 37.5 Å². The van der Waals surface area contributed by atoms with Gasteiger partial charge in [0.2, 0.25) is 0 Å². The molecule has 0 radical (unpaired) electrons. The average molecular weight is 228 g/mol. The van der Waals surface area contributed by atoms with Gasteiger partial charge in [-0.3, -0.25) is 0 Å². The molecule has 0 amide bonds. The van der Waals surface area contributed by atoms with Crippen molar-refractivity contribution in [2.75, 3.05) is 0 Å². The molecule has 96 valence electrons. The molecule has 0 aliphatic heterocycles. The van der Waals surface area contributed by atoms with Gasteiger partial charge < -0.3 is 10.2 Å². The van der Waals surface area contributed by atoms with E-state index in [2.05, 4.69) is 13.8 Å². The van der Waals surface area contributed by atoms with Gasteiger partial charge in [-0.05, 0) is 63.2 Å². The first kappa shape index (κ1) is 14.0. The zero-order valence-corrected chi connectivity index (χ0v) is 10.9. The van der Waals surface area contributed by atoms with Gasteiger partial charge in [0.1, 0.15) is 0 Å². The van der Waals surface area contributed by atoms with Crippen molar-refractivity contribution >= 4 is 0 Å².